The van der Waals surface area contributed by atoms with E-state index in [0.29, 0.717) is 33.2 Å². The van der Waals surface area contributed by atoms with E-state index in [0.717, 1.165) is 5.56 Å². The minimum Gasteiger partial charge on any atom is -0.466 e. The molecule has 0 saturated carbocycles. The van der Waals surface area contributed by atoms with Crippen LogP contribution in [0.2, 0.25) is 5.02 Å². The molecule has 0 heterocycles. The summed E-state index contributed by atoms with van der Waals surface area (Å²) in [5.74, 6) is 0.748. The predicted octanol–water partition coefficient (Wildman–Crippen LogP) is 4.87. The Hall–Kier alpha value is -2.03. The van der Waals surface area contributed by atoms with Gasteiger partial charge in [-0.25, -0.2) is 0 Å². The van der Waals surface area contributed by atoms with Gasteiger partial charge in [0.1, 0.15) is 11.5 Å². The second-order valence-corrected chi connectivity index (χ2v) is 5.93. The maximum absolute atomic E-state index is 11.5. The number of carbonyl (C=O) groups excluding carboxylic acids is 1. The smallest absolute Gasteiger partial charge is 0.310 e. The van der Waals surface area contributed by atoms with Crippen molar-refractivity contribution >= 4 is 33.5 Å². The fourth-order valence-electron chi connectivity index (χ4n) is 1.93. The van der Waals surface area contributed by atoms with Gasteiger partial charge in [-0.3, -0.25) is 4.79 Å². The minimum atomic E-state index is -0.276. The maximum atomic E-state index is 11.5. The summed E-state index contributed by atoms with van der Waals surface area (Å²) in [6, 6.07) is 12.1. The first kappa shape index (κ1) is 17.3. The van der Waals surface area contributed by atoms with Crippen LogP contribution >= 0.6 is 27.5 Å². The lowest BCUT2D eigenvalue weighted by Crippen LogP contribution is -2.07. The van der Waals surface area contributed by atoms with Gasteiger partial charge in [0.25, 0.3) is 0 Å². The van der Waals surface area contributed by atoms with Crippen molar-refractivity contribution in [1.29, 1.82) is 5.26 Å². The maximum Gasteiger partial charge on any atom is 0.310 e. The molecule has 6 heteroatoms. The molecular formula is C17H13BrClNO3. The molecule has 2 aromatic rings. The number of rotatable bonds is 5. The third-order valence-electron chi connectivity index (χ3n) is 2.88. The van der Waals surface area contributed by atoms with Crippen molar-refractivity contribution < 1.29 is 14.3 Å². The second-order valence-electron chi connectivity index (χ2n) is 4.64. The highest BCUT2D eigenvalue weighted by atomic mass is 79.9. The van der Waals surface area contributed by atoms with Crippen molar-refractivity contribution in [1.82, 2.24) is 0 Å². The quantitative estimate of drug-likeness (QED) is 0.679. The number of ether oxygens (including phenoxy) is 2. The van der Waals surface area contributed by atoms with E-state index in [1.54, 1.807) is 43.3 Å². The van der Waals surface area contributed by atoms with E-state index in [1.165, 1.54) is 0 Å². The van der Waals surface area contributed by atoms with Crippen molar-refractivity contribution in [3.05, 3.63) is 57.0 Å². The summed E-state index contributed by atoms with van der Waals surface area (Å²) in [5, 5.41) is 9.38. The lowest BCUT2D eigenvalue weighted by molar-refractivity contribution is -0.142. The molecule has 0 amide bonds. The summed E-state index contributed by atoms with van der Waals surface area (Å²) < 4.78 is 11.4. The van der Waals surface area contributed by atoms with E-state index >= 15 is 0 Å². The zero-order valence-electron chi connectivity index (χ0n) is 12.3. The lowest BCUT2D eigenvalue weighted by atomic mass is 10.1. The number of hydrogen-bond acceptors (Lipinski definition) is 4. The average Bonchev–Trinajstić information content (AvgIpc) is 2.49. The number of benzene rings is 2. The summed E-state index contributed by atoms with van der Waals surface area (Å²) >= 11 is 9.37. The van der Waals surface area contributed by atoms with Gasteiger partial charge in [0.15, 0.2) is 0 Å². The van der Waals surface area contributed by atoms with Crippen LogP contribution in [-0.4, -0.2) is 12.6 Å². The Labute approximate surface area is 147 Å². The van der Waals surface area contributed by atoms with Gasteiger partial charge in [0.05, 0.1) is 29.1 Å². The van der Waals surface area contributed by atoms with Crippen LogP contribution in [0, 0.1) is 11.3 Å². The molecule has 0 atom stereocenters. The molecule has 2 aromatic carbocycles. The molecule has 23 heavy (non-hydrogen) atoms. The van der Waals surface area contributed by atoms with E-state index in [4.69, 9.17) is 26.3 Å². The molecule has 0 aliphatic heterocycles. The van der Waals surface area contributed by atoms with Crippen LogP contribution in [0.25, 0.3) is 0 Å². The van der Waals surface area contributed by atoms with Crippen molar-refractivity contribution in [3.8, 4) is 17.6 Å². The summed E-state index contributed by atoms with van der Waals surface area (Å²) in [6.07, 6.45) is 0.197. The van der Waals surface area contributed by atoms with Gasteiger partial charge in [-0.15, -0.1) is 0 Å². The van der Waals surface area contributed by atoms with E-state index in [2.05, 4.69) is 15.9 Å². The van der Waals surface area contributed by atoms with Gasteiger partial charge < -0.3 is 9.47 Å². The monoisotopic (exact) mass is 393 g/mol. The van der Waals surface area contributed by atoms with Gasteiger partial charge in [-0.2, -0.15) is 5.26 Å². The summed E-state index contributed by atoms with van der Waals surface area (Å²) in [5.41, 5.74) is 1.23. The number of hydrogen-bond donors (Lipinski definition) is 0. The number of nitrogens with zero attached hydrogens (tertiary/aromatic N) is 1. The molecule has 0 aromatic heterocycles. The van der Waals surface area contributed by atoms with E-state index in [9.17, 15) is 4.79 Å². The van der Waals surface area contributed by atoms with Gasteiger partial charge in [0.2, 0.25) is 0 Å². The molecule has 0 N–H and O–H groups in total. The zero-order chi connectivity index (χ0) is 16.8. The molecule has 0 bridgehead atoms. The standard InChI is InChI=1S/C17H13BrClNO3/c1-2-22-17(21)8-11-3-4-16(15(18)7-11)23-14-6-12(10-20)5-13(19)9-14/h3-7,9H,2,8H2,1H3. The van der Waals surface area contributed by atoms with E-state index in [1.807, 2.05) is 6.07 Å². The molecule has 2 rings (SSSR count). The molecule has 118 valence electrons. The minimum absolute atomic E-state index is 0.197. The molecule has 4 nitrogen and oxygen atoms in total. The summed E-state index contributed by atoms with van der Waals surface area (Å²) in [6.45, 7) is 2.13. The lowest BCUT2D eigenvalue weighted by Gasteiger charge is -2.10. The van der Waals surface area contributed by atoms with Gasteiger partial charge in [0, 0.05) is 5.02 Å². The fraction of sp³-hybridized carbons (Fsp3) is 0.176. The Balaban J connectivity index is 2.17. The first-order chi connectivity index (χ1) is 11.0. The van der Waals surface area contributed by atoms with Gasteiger partial charge in [-0.1, -0.05) is 17.7 Å². The van der Waals surface area contributed by atoms with Crippen molar-refractivity contribution in [2.45, 2.75) is 13.3 Å². The third kappa shape index (κ3) is 4.98. The molecule has 0 aliphatic carbocycles. The van der Waals surface area contributed by atoms with Crippen LogP contribution < -0.4 is 4.74 Å². The van der Waals surface area contributed by atoms with Crippen molar-refractivity contribution in [2.75, 3.05) is 6.61 Å². The molecule has 0 saturated heterocycles. The molecule has 0 aliphatic rings. The molecule has 0 radical (unpaired) electrons. The Bertz CT molecular complexity index is 771. The molecular weight excluding hydrogens is 382 g/mol. The van der Waals surface area contributed by atoms with Crippen LogP contribution in [0.15, 0.2) is 40.9 Å². The van der Waals surface area contributed by atoms with E-state index < -0.39 is 0 Å². The Morgan fingerprint density at radius 2 is 2.09 bits per heavy atom. The second kappa shape index (κ2) is 8.00. The van der Waals surface area contributed by atoms with Crippen LogP contribution in [0.3, 0.4) is 0 Å². The Morgan fingerprint density at radius 3 is 2.74 bits per heavy atom. The zero-order valence-corrected chi connectivity index (χ0v) is 14.6. The van der Waals surface area contributed by atoms with Crippen LogP contribution in [0.1, 0.15) is 18.1 Å². The van der Waals surface area contributed by atoms with Crippen LogP contribution in [-0.2, 0) is 16.0 Å². The van der Waals surface area contributed by atoms with Crippen LogP contribution in [0.5, 0.6) is 11.5 Å². The first-order valence-electron chi connectivity index (χ1n) is 6.84. The SMILES string of the molecule is CCOC(=O)Cc1ccc(Oc2cc(Cl)cc(C#N)c2)c(Br)c1. The topological polar surface area (TPSA) is 59.3 Å². The number of esters is 1. The van der Waals surface area contributed by atoms with Crippen molar-refractivity contribution in [3.63, 3.8) is 0 Å². The highest BCUT2D eigenvalue weighted by Crippen LogP contribution is 2.32. The van der Waals surface area contributed by atoms with Crippen molar-refractivity contribution in [2.24, 2.45) is 0 Å². The third-order valence-corrected chi connectivity index (χ3v) is 3.72. The molecule has 0 unspecified atom stereocenters. The summed E-state index contributed by atoms with van der Waals surface area (Å²) in [7, 11) is 0. The Kier molecular flexibility index (Phi) is 6.03. The number of carbonyl (C=O) groups is 1. The number of halogens is 2. The highest BCUT2D eigenvalue weighted by Gasteiger charge is 2.09. The average molecular weight is 395 g/mol. The predicted molar refractivity (Wildman–Crippen MR) is 90.7 cm³/mol. The Morgan fingerprint density at radius 1 is 1.30 bits per heavy atom. The fourth-order valence-corrected chi connectivity index (χ4v) is 2.66. The largest absolute Gasteiger partial charge is 0.466 e. The van der Waals surface area contributed by atoms with Gasteiger partial charge >= 0.3 is 5.97 Å². The first-order valence-corrected chi connectivity index (χ1v) is 8.01. The highest BCUT2D eigenvalue weighted by molar-refractivity contribution is 9.10. The number of nitriles is 1. The van der Waals surface area contributed by atoms with Crippen LogP contribution in [0.4, 0.5) is 0 Å². The summed E-state index contributed by atoms with van der Waals surface area (Å²) in [4.78, 5) is 11.5. The molecule has 0 fully saturated rings. The molecule has 0 spiro atoms. The van der Waals surface area contributed by atoms with E-state index in [-0.39, 0.29) is 12.4 Å². The van der Waals surface area contributed by atoms with Gasteiger partial charge in [-0.05, 0) is 58.7 Å². The normalized spacial score (nSPS) is 10.0.